The first-order chi connectivity index (χ1) is 12.0. The number of carbonyl (C=O) groups is 3. The summed E-state index contributed by atoms with van der Waals surface area (Å²) < 4.78 is 10.3. The second kappa shape index (κ2) is 6.76. The van der Waals surface area contributed by atoms with Crippen LogP contribution in [-0.2, 0) is 9.53 Å². The smallest absolute Gasteiger partial charge is 0.344 e. The highest BCUT2D eigenvalue weighted by Gasteiger charge is 2.36. The Balaban J connectivity index is 1.70. The molecule has 0 unspecified atom stereocenters. The first-order valence-electron chi connectivity index (χ1n) is 7.87. The standard InChI is InChI=1S/C19H17NO5/c1-12(2)25-17(21)11-24-14-9-7-13(8-10-14)20-18(22)15-5-3-4-6-16(15)19(20)23/h3-10,12H,11H2,1-2H3. The molecule has 1 aliphatic rings. The van der Waals surface area contributed by atoms with E-state index in [1.54, 1.807) is 62.4 Å². The van der Waals surface area contributed by atoms with Crippen LogP contribution in [0.25, 0.3) is 0 Å². The Morgan fingerprint density at radius 2 is 1.52 bits per heavy atom. The molecule has 0 saturated carbocycles. The van der Waals surface area contributed by atoms with Crippen LogP contribution in [0, 0.1) is 0 Å². The second-order valence-corrected chi connectivity index (χ2v) is 5.81. The molecule has 0 aliphatic carbocycles. The van der Waals surface area contributed by atoms with E-state index in [1.165, 1.54) is 0 Å². The summed E-state index contributed by atoms with van der Waals surface area (Å²) in [6, 6.07) is 13.1. The molecular weight excluding hydrogens is 322 g/mol. The van der Waals surface area contributed by atoms with Crippen LogP contribution in [0.3, 0.4) is 0 Å². The van der Waals surface area contributed by atoms with E-state index < -0.39 is 5.97 Å². The predicted molar refractivity (Wildman–Crippen MR) is 90.7 cm³/mol. The lowest BCUT2D eigenvalue weighted by molar-refractivity contribution is -0.149. The average Bonchev–Trinajstić information content (AvgIpc) is 2.85. The van der Waals surface area contributed by atoms with Gasteiger partial charge in [0, 0.05) is 0 Å². The first-order valence-corrected chi connectivity index (χ1v) is 7.87. The summed E-state index contributed by atoms with van der Waals surface area (Å²) in [5.41, 5.74) is 1.23. The zero-order valence-corrected chi connectivity index (χ0v) is 13.9. The quantitative estimate of drug-likeness (QED) is 0.619. The third kappa shape index (κ3) is 3.38. The average molecular weight is 339 g/mol. The highest BCUT2D eigenvalue weighted by atomic mass is 16.6. The van der Waals surface area contributed by atoms with Crippen molar-refractivity contribution in [2.24, 2.45) is 0 Å². The van der Waals surface area contributed by atoms with Crippen LogP contribution in [0.15, 0.2) is 48.5 Å². The molecule has 3 rings (SSSR count). The molecule has 2 aromatic carbocycles. The Kier molecular flexibility index (Phi) is 4.52. The van der Waals surface area contributed by atoms with E-state index in [9.17, 15) is 14.4 Å². The maximum Gasteiger partial charge on any atom is 0.344 e. The third-order valence-corrected chi connectivity index (χ3v) is 3.61. The Morgan fingerprint density at radius 1 is 0.960 bits per heavy atom. The number of hydrogen-bond acceptors (Lipinski definition) is 5. The van der Waals surface area contributed by atoms with Crippen LogP contribution >= 0.6 is 0 Å². The Bertz CT molecular complexity index is 791. The summed E-state index contributed by atoms with van der Waals surface area (Å²) >= 11 is 0. The fourth-order valence-electron chi connectivity index (χ4n) is 2.55. The minimum atomic E-state index is -0.459. The summed E-state index contributed by atoms with van der Waals surface area (Å²) in [4.78, 5) is 37.4. The molecule has 25 heavy (non-hydrogen) atoms. The van der Waals surface area contributed by atoms with Crippen LogP contribution in [0.4, 0.5) is 5.69 Å². The molecule has 0 bridgehead atoms. The highest BCUT2D eigenvalue weighted by Crippen LogP contribution is 2.29. The monoisotopic (exact) mass is 339 g/mol. The molecule has 6 nitrogen and oxygen atoms in total. The minimum absolute atomic E-state index is 0.202. The van der Waals surface area contributed by atoms with E-state index >= 15 is 0 Å². The lowest BCUT2D eigenvalue weighted by Gasteiger charge is -2.14. The number of nitrogens with zero attached hydrogens (tertiary/aromatic N) is 1. The van der Waals surface area contributed by atoms with Gasteiger partial charge in [0.15, 0.2) is 6.61 Å². The van der Waals surface area contributed by atoms with Crippen molar-refractivity contribution in [1.82, 2.24) is 0 Å². The number of amides is 2. The number of esters is 1. The van der Waals surface area contributed by atoms with Crippen LogP contribution in [0.1, 0.15) is 34.6 Å². The Morgan fingerprint density at radius 3 is 2.04 bits per heavy atom. The van der Waals surface area contributed by atoms with Crippen molar-refractivity contribution in [2.45, 2.75) is 20.0 Å². The van der Waals surface area contributed by atoms with E-state index in [2.05, 4.69) is 0 Å². The maximum atomic E-state index is 12.4. The van der Waals surface area contributed by atoms with Crippen molar-refractivity contribution < 1.29 is 23.9 Å². The van der Waals surface area contributed by atoms with Crippen LogP contribution < -0.4 is 9.64 Å². The number of fused-ring (bicyclic) bond motifs is 1. The second-order valence-electron chi connectivity index (χ2n) is 5.81. The van der Waals surface area contributed by atoms with Gasteiger partial charge < -0.3 is 9.47 Å². The Labute approximate surface area is 145 Å². The SMILES string of the molecule is CC(C)OC(=O)COc1ccc(N2C(=O)c3ccccc3C2=O)cc1. The maximum absolute atomic E-state index is 12.4. The molecule has 0 atom stereocenters. The summed E-state index contributed by atoms with van der Waals surface area (Å²) in [5.74, 6) is -0.718. The van der Waals surface area contributed by atoms with E-state index in [1.807, 2.05) is 0 Å². The van der Waals surface area contributed by atoms with Crippen molar-refractivity contribution in [1.29, 1.82) is 0 Å². The van der Waals surface area contributed by atoms with Gasteiger partial charge in [0.05, 0.1) is 22.9 Å². The van der Waals surface area contributed by atoms with Crippen molar-refractivity contribution in [3.05, 3.63) is 59.7 Å². The normalized spacial score (nSPS) is 13.2. The highest BCUT2D eigenvalue weighted by molar-refractivity contribution is 6.34. The van der Waals surface area contributed by atoms with Crippen molar-refractivity contribution in [2.75, 3.05) is 11.5 Å². The van der Waals surface area contributed by atoms with Gasteiger partial charge >= 0.3 is 5.97 Å². The summed E-state index contributed by atoms with van der Waals surface area (Å²) in [6.07, 6.45) is -0.202. The minimum Gasteiger partial charge on any atom is -0.482 e. The summed E-state index contributed by atoms with van der Waals surface area (Å²) in [6.45, 7) is 3.31. The van der Waals surface area contributed by atoms with E-state index in [4.69, 9.17) is 9.47 Å². The van der Waals surface area contributed by atoms with Crippen molar-refractivity contribution in [3.63, 3.8) is 0 Å². The molecule has 1 heterocycles. The van der Waals surface area contributed by atoms with Gasteiger partial charge in [-0.25, -0.2) is 9.69 Å². The number of imide groups is 1. The summed E-state index contributed by atoms with van der Waals surface area (Å²) in [7, 11) is 0. The van der Waals surface area contributed by atoms with Crippen molar-refractivity contribution >= 4 is 23.5 Å². The molecule has 0 spiro atoms. The molecule has 0 fully saturated rings. The predicted octanol–water partition coefficient (Wildman–Crippen LogP) is 2.82. The molecule has 2 amide bonds. The third-order valence-electron chi connectivity index (χ3n) is 3.61. The molecular formula is C19H17NO5. The number of rotatable bonds is 5. The van der Waals surface area contributed by atoms with E-state index in [-0.39, 0.29) is 24.5 Å². The van der Waals surface area contributed by atoms with Gasteiger partial charge in [0.1, 0.15) is 5.75 Å². The number of hydrogen-bond donors (Lipinski definition) is 0. The molecule has 0 radical (unpaired) electrons. The van der Waals surface area contributed by atoms with E-state index in [0.29, 0.717) is 22.6 Å². The van der Waals surface area contributed by atoms with Gasteiger partial charge in [-0.1, -0.05) is 12.1 Å². The van der Waals surface area contributed by atoms with Gasteiger partial charge in [-0.15, -0.1) is 0 Å². The van der Waals surface area contributed by atoms with Crippen LogP contribution in [-0.4, -0.2) is 30.5 Å². The van der Waals surface area contributed by atoms with Crippen molar-refractivity contribution in [3.8, 4) is 5.75 Å². The molecule has 6 heteroatoms. The topological polar surface area (TPSA) is 72.9 Å². The first kappa shape index (κ1) is 16.7. The number of ether oxygens (including phenoxy) is 2. The van der Waals surface area contributed by atoms with Gasteiger partial charge in [0.25, 0.3) is 11.8 Å². The molecule has 0 N–H and O–H groups in total. The largest absolute Gasteiger partial charge is 0.482 e. The van der Waals surface area contributed by atoms with Gasteiger partial charge in [-0.05, 0) is 50.2 Å². The van der Waals surface area contributed by atoms with Gasteiger partial charge in [-0.2, -0.15) is 0 Å². The zero-order chi connectivity index (χ0) is 18.0. The molecule has 0 aromatic heterocycles. The molecule has 2 aromatic rings. The lowest BCUT2D eigenvalue weighted by atomic mass is 10.1. The lowest BCUT2D eigenvalue weighted by Crippen LogP contribution is -2.29. The molecule has 128 valence electrons. The number of carbonyl (C=O) groups excluding carboxylic acids is 3. The molecule has 1 aliphatic heterocycles. The Hall–Kier alpha value is -3.15. The number of benzene rings is 2. The number of anilines is 1. The van der Waals surface area contributed by atoms with Crippen LogP contribution in [0.5, 0.6) is 5.75 Å². The fraction of sp³-hybridized carbons (Fsp3) is 0.211. The van der Waals surface area contributed by atoms with Crippen LogP contribution in [0.2, 0.25) is 0 Å². The van der Waals surface area contributed by atoms with Gasteiger partial charge in [0.2, 0.25) is 0 Å². The molecule has 0 saturated heterocycles. The summed E-state index contributed by atoms with van der Waals surface area (Å²) in [5, 5.41) is 0. The van der Waals surface area contributed by atoms with Gasteiger partial charge in [-0.3, -0.25) is 9.59 Å². The zero-order valence-electron chi connectivity index (χ0n) is 13.9. The van der Waals surface area contributed by atoms with E-state index in [0.717, 1.165) is 4.90 Å². The fourth-order valence-corrected chi connectivity index (χ4v) is 2.55.